The number of benzene rings is 6. The Bertz CT molecular complexity index is 1990. The smallest absolute Gasteiger partial charge is 0.208 e. The normalized spacial score (nSPS) is 12.2. The van der Waals surface area contributed by atoms with Gasteiger partial charge in [-0.1, -0.05) is 92.7 Å². The lowest BCUT2D eigenvalue weighted by Crippen LogP contribution is -2.09. The maximum atomic E-state index is 6.44. The molecular weight excluding hydrogens is 466 g/mol. The molecule has 2 heterocycles. The first-order valence-corrected chi connectivity index (χ1v) is 13.1. The molecule has 3 nitrogen and oxygen atoms in total. The molecular formula is C35H25NO2. The zero-order valence-corrected chi connectivity index (χ0v) is 21.2. The average Bonchev–Trinajstić information content (AvgIpc) is 3.56. The van der Waals surface area contributed by atoms with Gasteiger partial charge in [-0.05, 0) is 56.6 Å². The van der Waals surface area contributed by atoms with Crippen molar-refractivity contribution in [3.63, 3.8) is 0 Å². The predicted molar refractivity (Wildman–Crippen MR) is 158 cm³/mol. The van der Waals surface area contributed by atoms with Crippen LogP contribution in [-0.4, -0.2) is 0 Å². The summed E-state index contributed by atoms with van der Waals surface area (Å²) in [5.41, 5.74) is 4.11. The van der Waals surface area contributed by atoms with Crippen molar-refractivity contribution in [2.45, 2.75) is 19.8 Å². The number of para-hydroxylation sites is 2. The van der Waals surface area contributed by atoms with Gasteiger partial charge in [0.1, 0.15) is 11.2 Å². The molecule has 0 aliphatic carbocycles. The number of furan rings is 2. The Balaban J connectivity index is 1.47. The molecule has 8 rings (SSSR count). The number of anilines is 3. The zero-order chi connectivity index (χ0) is 25.4. The minimum absolute atomic E-state index is 0.446. The van der Waals surface area contributed by atoms with Crippen molar-refractivity contribution in [1.29, 1.82) is 0 Å². The van der Waals surface area contributed by atoms with Gasteiger partial charge in [0.15, 0.2) is 0 Å². The van der Waals surface area contributed by atoms with Crippen molar-refractivity contribution >= 4 is 71.7 Å². The predicted octanol–water partition coefficient (Wildman–Crippen LogP) is 10.7. The van der Waals surface area contributed by atoms with E-state index in [1.165, 1.54) is 37.9 Å². The van der Waals surface area contributed by atoms with Gasteiger partial charge >= 0.3 is 0 Å². The molecule has 8 aromatic rings. The topological polar surface area (TPSA) is 29.5 Å². The SMILES string of the molecule is CC(C)c1ccc2ccc3c(N(c4cc5ccccc5o4)c4cc5ccccc5o4)ccc4ccc1c2c43. The van der Waals surface area contributed by atoms with Crippen molar-refractivity contribution in [2.75, 3.05) is 4.90 Å². The van der Waals surface area contributed by atoms with Crippen LogP contribution < -0.4 is 4.90 Å². The van der Waals surface area contributed by atoms with Crippen molar-refractivity contribution in [3.8, 4) is 0 Å². The molecule has 6 aromatic carbocycles. The van der Waals surface area contributed by atoms with Gasteiger partial charge in [-0.25, -0.2) is 4.90 Å². The van der Waals surface area contributed by atoms with Crippen LogP contribution in [0.2, 0.25) is 0 Å². The number of nitrogens with zero attached hydrogens (tertiary/aromatic N) is 1. The first kappa shape index (κ1) is 21.3. The highest BCUT2D eigenvalue weighted by atomic mass is 16.4. The van der Waals surface area contributed by atoms with E-state index in [2.05, 4.69) is 91.5 Å². The van der Waals surface area contributed by atoms with Crippen LogP contribution in [0.5, 0.6) is 0 Å². The largest absolute Gasteiger partial charge is 0.440 e. The Hall–Kier alpha value is -4.76. The summed E-state index contributed by atoms with van der Waals surface area (Å²) in [5.74, 6) is 1.90. The molecule has 0 fully saturated rings. The van der Waals surface area contributed by atoms with E-state index in [4.69, 9.17) is 8.83 Å². The Morgan fingerprint density at radius 3 is 1.66 bits per heavy atom. The third kappa shape index (κ3) is 3.02. The third-order valence-corrected chi connectivity index (χ3v) is 7.80. The molecule has 0 aliphatic rings. The molecule has 0 aliphatic heterocycles. The summed E-state index contributed by atoms with van der Waals surface area (Å²) in [4.78, 5) is 2.12. The maximum absolute atomic E-state index is 6.44. The van der Waals surface area contributed by atoms with E-state index in [-0.39, 0.29) is 0 Å². The summed E-state index contributed by atoms with van der Waals surface area (Å²) in [6, 6.07) is 38.4. The van der Waals surface area contributed by atoms with E-state index < -0.39 is 0 Å². The highest BCUT2D eigenvalue weighted by Crippen LogP contribution is 2.46. The van der Waals surface area contributed by atoms with Gasteiger partial charge in [-0.15, -0.1) is 0 Å². The Kier molecular flexibility index (Phi) is 4.42. The van der Waals surface area contributed by atoms with Crippen molar-refractivity contribution in [3.05, 3.63) is 115 Å². The Morgan fingerprint density at radius 2 is 1.05 bits per heavy atom. The van der Waals surface area contributed by atoms with E-state index >= 15 is 0 Å². The molecule has 0 unspecified atom stereocenters. The Labute approximate surface area is 219 Å². The van der Waals surface area contributed by atoms with E-state index in [0.717, 1.165) is 39.4 Å². The molecule has 0 N–H and O–H groups in total. The summed E-state index contributed by atoms with van der Waals surface area (Å²) in [6.07, 6.45) is 0. The molecule has 3 heteroatoms. The molecule has 0 bridgehead atoms. The maximum Gasteiger partial charge on any atom is 0.208 e. The number of fused-ring (bicyclic) bond motifs is 2. The van der Waals surface area contributed by atoms with Crippen LogP contribution in [0.4, 0.5) is 17.5 Å². The standard InChI is InChI=1S/C35H25NO2/c1-21(2)26-15-11-22-13-17-28-29(18-14-23-12-16-27(26)34(22)35(23)28)36(32-19-24-7-3-5-9-30(24)37-32)33-20-25-8-4-6-10-31(25)38-33/h3-21H,1-2H3. The summed E-state index contributed by atoms with van der Waals surface area (Å²) in [7, 11) is 0. The fourth-order valence-corrected chi connectivity index (χ4v) is 6.01. The number of hydrogen-bond donors (Lipinski definition) is 0. The van der Waals surface area contributed by atoms with Crippen LogP contribution in [0.25, 0.3) is 54.3 Å². The van der Waals surface area contributed by atoms with Gasteiger partial charge in [-0.3, -0.25) is 0 Å². The molecule has 0 spiro atoms. The first-order valence-electron chi connectivity index (χ1n) is 13.1. The zero-order valence-electron chi connectivity index (χ0n) is 21.2. The first-order chi connectivity index (χ1) is 18.7. The summed E-state index contributed by atoms with van der Waals surface area (Å²) in [6.45, 7) is 4.53. The van der Waals surface area contributed by atoms with Crippen LogP contribution in [0.3, 0.4) is 0 Å². The van der Waals surface area contributed by atoms with E-state index in [1.807, 2.05) is 36.4 Å². The van der Waals surface area contributed by atoms with E-state index in [1.54, 1.807) is 0 Å². The van der Waals surface area contributed by atoms with Gasteiger partial charge in [0, 0.05) is 28.3 Å². The monoisotopic (exact) mass is 491 g/mol. The molecule has 182 valence electrons. The molecule has 0 atom stereocenters. The van der Waals surface area contributed by atoms with E-state index in [0.29, 0.717) is 5.92 Å². The third-order valence-electron chi connectivity index (χ3n) is 7.80. The highest BCUT2D eigenvalue weighted by molar-refractivity contribution is 6.26. The Morgan fingerprint density at radius 1 is 0.526 bits per heavy atom. The fourth-order valence-electron chi connectivity index (χ4n) is 6.01. The molecule has 0 saturated heterocycles. The second-order valence-electron chi connectivity index (χ2n) is 10.4. The van der Waals surface area contributed by atoms with Crippen LogP contribution in [0, 0.1) is 0 Å². The summed E-state index contributed by atoms with van der Waals surface area (Å²) < 4.78 is 12.9. The van der Waals surface area contributed by atoms with Crippen LogP contribution in [-0.2, 0) is 0 Å². The van der Waals surface area contributed by atoms with Crippen LogP contribution in [0.1, 0.15) is 25.3 Å². The fraction of sp³-hybridized carbons (Fsp3) is 0.0857. The molecule has 2 aromatic heterocycles. The summed E-state index contributed by atoms with van der Waals surface area (Å²) >= 11 is 0. The molecule has 0 saturated carbocycles. The molecule has 0 radical (unpaired) electrons. The van der Waals surface area contributed by atoms with Gasteiger partial charge < -0.3 is 8.83 Å². The van der Waals surface area contributed by atoms with Crippen LogP contribution in [0.15, 0.2) is 118 Å². The molecule has 0 amide bonds. The minimum Gasteiger partial charge on any atom is -0.440 e. The quantitative estimate of drug-likeness (QED) is 0.229. The van der Waals surface area contributed by atoms with E-state index in [9.17, 15) is 0 Å². The van der Waals surface area contributed by atoms with Gasteiger partial charge in [0.2, 0.25) is 11.8 Å². The number of rotatable bonds is 4. The highest BCUT2D eigenvalue weighted by Gasteiger charge is 2.24. The average molecular weight is 492 g/mol. The van der Waals surface area contributed by atoms with Crippen molar-refractivity contribution < 1.29 is 8.83 Å². The van der Waals surface area contributed by atoms with Crippen molar-refractivity contribution in [1.82, 2.24) is 0 Å². The second kappa shape index (κ2) is 7.87. The lowest BCUT2D eigenvalue weighted by molar-refractivity contribution is 0.583. The van der Waals surface area contributed by atoms with Gasteiger partial charge in [-0.2, -0.15) is 0 Å². The molecule has 38 heavy (non-hydrogen) atoms. The lowest BCUT2D eigenvalue weighted by atomic mass is 9.88. The second-order valence-corrected chi connectivity index (χ2v) is 10.4. The van der Waals surface area contributed by atoms with Crippen molar-refractivity contribution in [2.24, 2.45) is 0 Å². The van der Waals surface area contributed by atoms with Crippen LogP contribution >= 0.6 is 0 Å². The summed E-state index contributed by atoms with van der Waals surface area (Å²) in [5, 5.41) is 9.70. The minimum atomic E-state index is 0.446. The van der Waals surface area contributed by atoms with Gasteiger partial charge in [0.05, 0.1) is 5.69 Å². The lowest BCUT2D eigenvalue weighted by Gasteiger charge is -2.23. The van der Waals surface area contributed by atoms with Gasteiger partial charge in [0.25, 0.3) is 0 Å². The number of hydrogen-bond acceptors (Lipinski definition) is 3.